The van der Waals surface area contributed by atoms with Crippen LogP contribution in [-0.2, 0) is 11.2 Å². The summed E-state index contributed by atoms with van der Waals surface area (Å²) in [6, 6.07) is 4.14. The van der Waals surface area contributed by atoms with Gasteiger partial charge in [-0.3, -0.25) is 4.79 Å². The lowest BCUT2D eigenvalue weighted by Crippen LogP contribution is -2.25. The molecule has 3 heteroatoms. The maximum atomic E-state index is 12.8. The lowest BCUT2D eigenvalue weighted by Gasteiger charge is -2.21. The number of carbonyl (C=O) groups excluding carboxylic acids is 1. The molecule has 0 bridgehead atoms. The zero-order chi connectivity index (χ0) is 12.3. The first kappa shape index (κ1) is 13.2. The molecule has 0 saturated carbocycles. The quantitative estimate of drug-likeness (QED) is 0.779. The van der Waals surface area contributed by atoms with E-state index in [1.54, 1.807) is 6.07 Å². The molecule has 0 N–H and O–H groups in total. The maximum absolute atomic E-state index is 12.8. The zero-order valence-electron chi connectivity index (χ0n) is 9.81. The van der Waals surface area contributed by atoms with Gasteiger partial charge in [0, 0.05) is 16.9 Å². The van der Waals surface area contributed by atoms with Crippen molar-refractivity contribution in [3.8, 4) is 0 Å². The van der Waals surface area contributed by atoms with Gasteiger partial charge in [0.2, 0.25) is 0 Å². The van der Waals surface area contributed by atoms with Crippen LogP contribution in [0.3, 0.4) is 0 Å². The Labute approximate surface area is 101 Å². The van der Waals surface area contributed by atoms with E-state index in [0.29, 0.717) is 10.6 Å². The van der Waals surface area contributed by atoms with Gasteiger partial charge in [-0.1, -0.05) is 38.4 Å². The molecule has 1 aromatic rings. The standard InChI is InChI=1S/C13H16ClFO/c1-4-13(2,3)12(16)7-9-5-6-10(15)8-11(9)14/h5-6,8H,4,7H2,1-3H3. The summed E-state index contributed by atoms with van der Waals surface area (Å²) in [6.07, 6.45) is 1.05. The van der Waals surface area contributed by atoms with Gasteiger partial charge in [0.15, 0.2) is 0 Å². The first-order chi connectivity index (χ1) is 7.36. The van der Waals surface area contributed by atoms with Crippen molar-refractivity contribution in [1.82, 2.24) is 0 Å². The zero-order valence-corrected chi connectivity index (χ0v) is 10.6. The van der Waals surface area contributed by atoms with Crippen LogP contribution in [0.2, 0.25) is 5.02 Å². The Morgan fingerprint density at radius 1 is 1.44 bits per heavy atom. The lowest BCUT2D eigenvalue weighted by molar-refractivity contribution is -0.126. The molecule has 0 aliphatic heterocycles. The summed E-state index contributed by atoms with van der Waals surface area (Å²) in [7, 11) is 0. The normalized spacial score (nSPS) is 11.6. The first-order valence-electron chi connectivity index (χ1n) is 5.34. The van der Waals surface area contributed by atoms with Crippen LogP contribution in [0.1, 0.15) is 32.8 Å². The number of benzene rings is 1. The van der Waals surface area contributed by atoms with Crippen molar-refractivity contribution >= 4 is 17.4 Å². The Balaban J connectivity index is 2.85. The molecular weight excluding hydrogens is 227 g/mol. The van der Waals surface area contributed by atoms with Crippen LogP contribution in [-0.4, -0.2) is 5.78 Å². The van der Waals surface area contributed by atoms with E-state index in [2.05, 4.69) is 0 Å². The van der Waals surface area contributed by atoms with Gasteiger partial charge in [-0.2, -0.15) is 0 Å². The molecule has 0 unspecified atom stereocenters. The molecule has 0 fully saturated rings. The minimum Gasteiger partial charge on any atom is -0.299 e. The van der Waals surface area contributed by atoms with Crippen LogP contribution in [0.4, 0.5) is 4.39 Å². The molecule has 0 radical (unpaired) electrons. The number of ketones is 1. The lowest BCUT2D eigenvalue weighted by atomic mass is 9.82. The second-order valence-electron chi connectivity index (χ2n) is 4.57. The molecule has 0 aliphatic rings. The highest BCUT2D eigenvalue weighted by Gasteiger charge is 2.25. The molecule has 1 aromatic carbocycles. The van der Waals surface area contributed by atoms with Crippen molar-refractivity contribution in [2.24, 2.45) is 5.41 Å². The Morgan fingerprint density at radius 2 is 2.06 bits per heavy atom. The van der Waals surface area contributed by atoms with E-state index in [1.165, 1.54) is 12.1 Å². The molecular formula is C13H16ClFO. The Hall–Kier alpha value is -0.890. The molecule has 88 valence electrons. The van der Waals surface area contributed by atoms with Crippen molar-refractivity contribution in [3.05, 3.63) is 34.6 Å². The maximum Gasteiger partial charge on any atom is 0.142 e. The van der Waals surface area contributed by atoms with E-state index in [4.69, 9.17) is 11.6 Å². The van der Waals surface area contributed by atoms with Crippen LogP contribution in [0.5, 0.6) is 0 Å². The van der Waals surface area contributed by atoms with E-state index in [0.717, 1.165) is 6.42 Å². The fourth-order valence-corrected chi connectivity index (χ4v) is 1.51. The van der Waals surface area contributed by atoms with Crippen molar-refractivity contribution in [2.75, 3.05) is 0 Å². The van der Waals surface area contributed by atoms with Crippen molar-refractivity contribution in [1.29, 1.82) is 0 Å². The fraction of sp³-hybridized carbons (Fsp3) is 0.462. The summed E-state index contributed by atoms with van der Waals surface area (Å²) in [4.78, 5) is 11.9. The van der Waals surface area contributed by atoms with Crippen molar-refractivity contribution in [2.45, 2.75) is 33.6 Å². The van der Waals surface area contributed by atoms with Gasteiger partial charge >= 0.3 is 0 Å². The highest BCUT2D eigenvalue weighted by atomic mass is 35.5. The molecule has 0 spiro atoms. The Bertz CT molecular complexity index is 399. The average Bonchev–Trinajstić information content (AvgIpc) is 2.22. The van der Waals surface area contributed by atoms with Gasteiger partial charge < -0.3 is 0 Å². The van der Waals surface area contributed by atoms with Crippen LogP contribution >= 0.6 is 11.6 Å². The molecule has 0 aliphatic carbocycles. The van der Waals surface area contributed by atoms with Crippen LogP contribution in [0.15, 0.2) is 18.2 Å². The van der Waals surface area contributed by atoms with Crippen LogP contribution < -0.4 is 0 Å². The SMILES string of the molecule is CCC(C)(C)C(=O)Cc1ccc(F)cc1Cl. The van der Waals surface area contributed by atoms with Gasteiger partial charge in [0.1, 0.15) is 11.6 Å². The molecule has 16 heavy (non-hydrogen) atoms. The van der Waals surface area contributed by atoms with Gasteiger partial charge in [-0.15, -0.1) is 0 Å². The topological polar surface area (TPSA) is 17.1 Å². The fourth-order valence-electron chi connectivity index (χ4n) is 1.27. The Kier molecular flexibility index (Phi) is 4.09. The predicted molar refractivity (Wildman–Crippen MR) is 64.2 cm³/mol. The largest absolute Gasteiger partial charge is 0.299 e. The molecule has 0 aromatic heterocycles. The monoisotopic (exact) mass is 242 g/mol. The summed E-state index contributed by atoms with van der Waals surface area (Å²) >= 11 is 5.87. The molecule has 0 amide bonds. The summed E-state index contributed by atoms with van der Waals surface area (Å²) in [5, 5.41) is 0.320. The number of hydrogen-bond donors (Lipinski definition) is 0. The van der Waals surface area contributed by atoms with Crippen LogP contribution in [0.25, 0.3) is 0 Å². The third-order valence-electron chi connectivity index (χ3n) is 3.00. The van der Waals surface area contributed by atoms with Gasteiger partial charge in [0.25, 0.3) is 0 Å². The van der Waals surface area contributed by atoms with Crippen molar-refractivity contribution in [3.63, 3.8) is 0 Å². The number of carbonyl (C=O) groups is 1. The molecule has 1 nitrogen and oxygen atoms in total. The summed E-state index contributed by atoms with van der Waals surface area (Å²) in [5.41, 5.74) is 0.340. The number of hydrogen-bond acceptors (Lipinski definition) is 1. The average molecular weight is 243 g/mol. The van der Waals surface area contributed by atoms with Gasteiger partial charge in [0.05, 0.1) is 0 Å². The smallest absolute Gasteiger partial charge is 0.142 e. The molecule has 1 rings (SSSR count). The van der Waals surface area contributed by atoms with E-state index in [-0.39, 0.29) is 23.4 Å². The van der Waals surface area contributed by atoms with E-state index >= 15 is 0 Å². The molecule has 0 atom stereocenters. The molecule has 0 heterocycles. The van der Waals surface area contributed by atoms with E-state index in [9.17, 15) is 9.18 Å². The number of rotatable bonds is 4. The van der Waals surface area contributed by atoms with E-state index < -0.39 is 0 Å². The Morgan fingerprint density at radius 3 is 2.56 bits per heavy atom. The predicted octanol–water partition coefficient (Wildman–Crippen LogP) is 4.03. The minimum absolute atomic E-state index is 0.128. The van der Waals surface area contributed by atoms with E-state index in [1.807, 2.05) is 20.8 Å². The number of halogens is 2. The van der Waals surface area contributed by atoms with Crippen molar-refractivity contribution < 1.29 is 9.18 Å². The van der Waals surface area contributed by atoms with Gasteiger partial charge in [-0.05, 0) is 24.1 Å². The second-order valence-corrected chi connectivity index (χ2v) is 4.98. The molecule has 0 saturated heterocycles. The summed E-state index contributed by atoms with van der Waals surface area (Å²) in [5.74, 6) is -0.251. The number of Topliss-reactive ketones (excluding diaryl/α,β-unsaturated/α-hetero) is 1. The third-order valence-corrected chi connectivity index (χ3v) is 3.36. The highest BCUT2D eigenvalue weighted by Crippen LogP contribution is 2.25. The summed E-state index contributed by atoms with van der Waals surface area (Å²) < 4.78 is 12.8. The first-order valence-corrected chi connectivity index (χ1v) is 5.72. The van der Waals surface area contributed by atoms with Gasteiger partial charge in [-0.25, -0.2) is 4.39 Å². The minimum atomic E-state index is -0.379. The third kappa shape index (κ3) is 3.05. The summed E-state index contributed by atoms with van der Waals surface area (Å²) in [6.45, 7) is 5.80. The van der Waals surface area contributed by atoms with Crippen LogP contribution in [0, 0.1) is 11.2 Å². The second kappa shape index (κ2) is 4.96. The highest BCUT2D eigenvalue weighted by molar-refractivity contribution is 6.31.